The molecular formula is C27H29N7O5. The molecule has 1 aliphatic heterocycles. The van der Waals surface area contributed by atoms with Gasteiger partial charge in [-0.15, -0.1) is 0 Å². The van der Waals surface area contributed by atoms with E-state index in [-0.39, 0.29) is 29.0 Å². The van der Waals surface area contributed by atoms with E-state index in [1.807, 2.05) is 23.1 Å². The van der Waals surface area contributed by atoms with Crippen LogP contribution in [0.1, 0.15) is 17.3 Å². The van der Waals surface area contributed by atoms with Gasteiger partial charge in [-0.1, -0.05) is 18.7 Å². The summed E-state index contributed by atoms with van der Waals surface area (Å²) in [4.78, 5) is 48.1. The molecule has 4 N–H and O–H groups in total. The van der Waals surface area contributed by atoms with Gasteiger partial charge in [0.25, 0.3) is 5.91 Å². The van der Waals surface area contributed by atoms with Crippen molar-refractivity contribution in [1.29, 1.82) is 0 Å². The molecule has 1 aliphatic rings. The minimum absolute atomic E-state index is 0.0441. The van der Waals surface area contributed by atoms with E-state index in [0.717, 1.165) is 11.8 Å². The summed E-state index contributed by atoms with van der Waals surface area (Å²) < 4.78 is 11.5. The smallest absolute Gasteiger partial charge is 0.255 e. The Bertz CT molecular complexity index is 1400. The maximum absolute atomic E-state index is 12.0. The van der Waals surface area contributed by atoms with Crippen molar-refractivity contribution in [3.05, 3.63) is 66.9 Å². The Hall–Kier alpha value is -5.13. The van der Waals surface area contributed by atoms with Crippen LogP contribution in [0, 0.1) is 0 Å². The predicted molar refractivity (Wildman–Crippen MR) is 147 cm³/mol. The first kappa shape index (κ1) is 26.9. The van der Waals surface area contributed by atoms with Gasteiger partial charge in [-0.25, -0.2) is 4.98 Å². The van der Waals surface area contributed by atoms with Gasteiger partial charge in [0.15, 0.2) is 5.75 Å². The lowest BCUT2D eigenvalue weighted by molar-refractivity contribution is -0.129. The lowest BCUT2D eigenvalue weighted by atomic mass is 10.2. The number of ether oxygens (including phenoxy) is 2. The highest BCUT2D eigenvalue weighted by Crippen LogP contribution is 2.34. The van der Waals surface area contributed by atoms with Crippen LogP contribution >= 0.6 is 0 Å². The predicted octanol–water partition coefficient (Wildman–Crippen LogP) is 2.91. The fraction of sp³-hybridized carbons (Fsp3) is 0.222. The first-order valence-corrected chi connectivity index (χ1v) is 12.1. The van der Waals surface area contributed by atoms with E-state index in [4.69, 9.17) is 15.2 Å². The summed E-state index contributed by atoms with van der Waals surface area (Å²) >= 11 is 0. The topological polar surface area (TPSA) is 152 Å². The third-order valence-electron chi connectivity index (χ3n) is 6.08. The number of nitrogens with one attached hydrogen (secondary N) is 2. The van der Waals surface area contributed by atoms with E-state index in [9.17, 15) is 14.4 Å². The minimum atomic E-state index is -0.782. The Morgan fingerprint density at radius 2 is 1.79 bits per heavy atom. The molecule has 0 aliphatic carbocycles. The monoisotopic (exact) mass is 531 g/mol. The van der Waals surface area contributed by atoms with E-state index in [0.29, 0.717) is 43.3 Å². The lowest BCUT2D eigenvalue weighted by Gasteiger charge is -2.35. The van der Waals surface area contributed by atoms with Gasteiger partial charge in [0.05, 0.1) is 18.5 Å². The highest BCUT2D eigenvalue weighted by atomic mass is 16.5. The average molecular weight is 532 g/mol. The van der Waals surface area contributed by atoms with Crippen LogP contribution in [-0.2, 0) is 9.59 Å². The summed E-state index contributed by atoms with van der Waals surface area (Å²) in [6, 6.07) is 12.3. The van der Waals surface area contributed by atoms with Crippen LogP contribution in [0.25, 0.3) is 0 Å². The third kappa shape index (κ3) is 6.42. The van der Waals surface area contributed by atoms with Gasteiger partial charge in [-0.2, -0.15) is 4.98 Å². The molecule has 1 saturated heterocycles. The second-order valence-corrected chi connectivity index (χ2v) is 8.57. The summed E-state index contributed by atoms with van der Waals surface area (Å²) in [7, 11) is 1.55. The SMILES string of the molecule is C=CC(=O)Nc1ccccc1Oc1nc(Nc2ccc(N3CCN(C(C)=O)CC3)cc2OC)ncc1C(N)=O. The van der Waals surface area contributed by atoms with Gasteiger partial charge in [0.2, 0.25) is 23.6 Å². The average Bonchev–Trinajstić information content (AvgIpc) is 2.94. The van der Waals surface area contributed by atoms with Crippen molar-refractivity contribution >= 4 is 40.7 Å². The molecular weight excluding hydrogens is 502 g/mol. The van der Waals surface area contributed by atoms with E-state index in [1.165, 1.54) is 6.20 Å². The fourth-order valence-corrected chi connectivity index (χ4v) is 4.00. The van der Waals surface area contributed by atoms with Crippen molar-refractivity contribution in [2.45, 2.75) is 6.92 Å². The van der Waals surface area contributed by atoms with Gasteiger partial charge < -0.3 is 35.6 Å². The van der Waals surface area contributed by atoms with Crippen molar-refractivity contribution in [2.75, 3.05) is 48.8 Å². The summed E-state index contributed by atoms with van der Waals surface area (Å²) in [5.74, 6) is -0.320. The highest BCUT2D eigenvalue weighted by molar-refractivity contribution is 6.00. The number of benzene rings is 2. The quantitative estimate of drug-likeness (QED) is 0.354. The lowest BCUT2D eigenvalue weighted by Crippen LogP contribution is -2.48. The number of nitrogens with zero attached hydrogens (tertiary/aromatic N) is 4. The van der Waals surface area contributed by atoms with E-state index < -0.39 is 11.8 Å². The van der Waals surface area contributed by atoms with Crippen molar-refractivity contribution < 1.29 is 23.9 Å². The van der Waals surface area contributed by atoms with Gasteiger partial charge in [0, 0.05) is 51.1 Å². The molecule has 0 atom stereocenters. The molecule has 1 aromatic heterocycles. The normalized spacial score (nSPS) is 12.9. The number of aromatic nitrogens is 2. The first-order valence-electron chi connectivity index (χ1n) is 12.1. The maximum atomic E-state index is 12.0. The van der Waals surface area contributed by atoms with Crippen LogP contribution in [0.4, 0.5) is 23.0 Å². The Morgan fingerprint density at radius 3 is 2.46 bits per heavy atom. The molecule has 202 valence electrons. The van der Waals surface area contributed by atoms with Gasteiger partial charge in [-0.05, 0) is 30.3 Å². The van der Waals surface area contributed by atoms with E-state index in [2.05, 4.69) is 32.1 Å². The number of primary amides is 1. The number of para-hydroxylation sites is 2. The second kappa shape index (κ2) is 11.9. The zero-order valence-electron chi connectivity index (χ0n) is 21.6. The molecule has 1 fully saturated rings. The zero-order chi connectivity index (χ0) is 27.9. The standard InChI is InChI=1S/C27H29N7O5/c1-4-24(36)30-20-7-5-6-8-22(20)39-26-19(25(28)37)16-29-27(32-26)31-21-10-9-18(15-23(21)38-3)34-13-11-33(12-14-34)17(2)35/h4-10,15-16H,1,11-14H2,2-3H3,(H2,28,37)(H,30,36)(H,29,31,32). The number of carbonyl (C=O) groups excluding carboxylic acids is 3. The summed E-state index contributed by atoms with van der Waals surface area (Å²) in [6.07, 6.45) is 2.39. The van der Waals surface area contributed by atoms with Crippen molar-refractivity contribution in [3.8, 4) is 17.4 Å². The number of hydrogen-bond acceptors (Lipinski definition) is 9. The molecule has 3 amide bonds. The Kier molecular flexibility index (Phi) is 8.24. The molecule has 0 saturated carbocycles. The molecule has 0 unspecified atom stereocenters. The van der Waals surface area contributed by atoms with Crippen LogP contribution < -0.4 is 30.7 Å². The van der Waals surface area contributed by atoms with E-state index >= 15 is 0 Å². The number of rotatable bonds is 9. The number of nitrogens with two attached hydrogens (primary N) is 1. The van der Waals surface area contributed by atoms with Crippen molar-refractivity contribution in [3.63, 3.8) is 0 Å². The zero-order valence-corrected chi connectivity index (χ0v) is 21.6. The molecule has 3 aromatic rings. The molecule has 12 nitrogen and oxygen atoms in total. The Labute approximate surface area is 225 Å². The van der Waals surface area contributed by atoms with Crippen molar-refractivity contribution in [2.24, 2.45) is 5.73 Å². The molecule has 2 heterocycles. The maximum Gasteiger partial charge on any atom is 0.255 e. The molecule has 0 radical (unpaired) electrons. The van der Waals surface area contributed by atoms with Gasteiger partial charge >= 0.3 is 0 Å². The largest absolute Gasteiger partial charge is 0.494 e. The van der Waals surface area contributed by atoms with Crippen LogP contribution in [0.5, 0.6) is 17.4 Å². The molecule has 2 aromatic carbocycles. The van der Waals surface area contributed by atoms with Crippen LogP contribution in [0.15, 0.2) is 61.3 Å². The highest BCUT2D eigenvalue weighted by Gasteiger charge is 2.21. The fourth-order valence-electron chi connectivity index (χ4n) is 4.00. The molecule has 0 bridgehead atoms. The Balaban J connectivity index is 1.57. The number of carbonyl (C=O) groups is 3. The Morgan fingerprint density at radius 1 is 1.05 bits per heavy atom. The number of methoxy groups -OCH3 is 1. The van der Waals surface area contributed by atoms with Crippen LogP contribution in [-0.4, -0.2) is 65.9 Å². The summed E-state index contributed by atoms with van der Waals surface area (Å²) in [5, 5.41) is 5.73. The first-order chi connectivity index (χ1) is 18.8. The molecule has 39 heavy (non-hydrogen) atoms. The number of hydrogen-bond donors (Lipinski definition) is 3. The molecule has 12 heteroatoms. The minimum Gasteiger partial charge on any atom is -0.494 e. The number of amides is 3. The molecule has 0 spiro atoms. The number of anilines is 4. The summed E-state index contributed by atoms with van der Waals surface area (Å²) in [5.41, 5.74) is 7.37. The van der Waals surface area contributed by atoms with Crippen LogP contribution in [0.3, 0.4) is 0 Å². The number of piperazine rings is 1. The van der Waals surface area contributed by atoms with E-state index in [1.54, 1.807) is 38.3 Å². The van der Waals surface area contributed by atoms with Gasteiger partial charge in [0.1, 0.15) is 11.3 Å². The second-order valence-electron chi connectivity index (χ2n) is 8.57. The molecule has 4 rings (SSSR count). The van der Waals surface area contributed by atoms with Gasteiger partial charge in [-0.3, -0.25) is 14.4 Å². The summed E-state index contributed by atoms with van der Waals surface area (Å²) in [6.45, 7) is 7.75. The third-order valence-corrected chi connectivity index (χ3v) is 6.08. The van der Waals surface area contributed by atoms with Crippen LogP contribution in [0.2, 0.25) is 0 Å². The van der Waals surface area contributed by atoms with Crippen molar-refractivity contribution in [1.82, 2.24) is 14.9 Å².